The van der Waals surface area contributed by atoms with Gasteiger partial charge in [-0.15, -0.1) is 0 Å². The molecule has 10 heavy (non-hydrogen) atoms. The molecule has 0 aromatic heterocycles. The molecule has 0 bridgehead atoms. The smallest absolute Gasteiger partial charge is 0.159 e. The van der Waals surface area contributed by atoms with E-state index in [1.165, 1.54) is 0 Å². The van der Waals surface area contributed by atoms with Crippen molar-refractivity contribution >= 4 is 11.1 Å². The van der Waals surface area contributed by atoms with E-state index in [0.717, 1.165) is 12.8 Å². The van der Waals surface area contributed by atoms with Crippen molar-refractivity contribution in [3.63, 3.8) is 0 Å². The fourth-order valence-corrected chi connectivity index (χ4v) is 1.92. The van der Waals surface area contributed by atoms with Crippen molar-refractivity contribution in [3.05, 3.63) is 12.2 Å². The zero-order valence-corrected chi connectivity index (χ0v) is 6.80. The molecule has 1 rings (SSSR count). The second-order valence-electron chi connectivity index (χ2n) is 2.82. The van der Waals surface area contributed by atoms with Crippen molar-refractivity contribution in [2.24, 2.45) is 5.92 Å². The van der Waals surface area contributed by atoms with Gasteiger partial charge < -0.3 is 4.55 Å². The largest absolute Gasteiger partial charge is 0.306 e. The van der Waals surface area contributed by atoms with Gasteiger partial charge in [-0.1, -0.05) is 19.1 Å². The fourth-order valence-electron chi connectivity index (χ4n) is 1.18. The van der Waals surface area contributed by atoms with Gasteiger partial charge in [0.15, 0.2) is 11.1 Å². The lowest BCUT2D eigenvalue weighted by molar-refractivity contribution is 0.497. The monoisotopic (exact) mass is 160 g/mol. The first-order chi connectivity index (χ1) is 4.70. The van der Waals surface area contributed by atoms with E-state index in [-0.39, 0.29) is 5.25 Å². The van der Waals surface area contributed by atoms with Gasteiger partial charge in [-0.3, -0.25) is 0 Å². The molecule has 3 atom stereocenters. The Morgan fingerprint density at radius 2 is 2.40 bits per heavy atom. The second-order valence-corrected chi connectivity index (χ2v) is 3.98. The Morgan fingerprint density at radius 3 is 2.80 bits per heavy atom. The molecule has 0 heterocycles. The molecule has 1 N–H and O–H groups in total. The van der Waals surface area contributed by atoms with E-state index in [0.29, 0.717) is 5.92 Å². The molecule has 0 saturated heterocycles. The number of hydrogen-bond acceptors (Lipinski definition) is 1. The van der Waals surface area contributed by atoms with Crippen LogP contribution in [0.25, 0.3) is 0 Å². The van der Waals surface area contributed by atoms with E-state index in [2.05, 4.69) is 6.92 Å². The summed E-state index contributed by atoms with van der Waals surface area (Å²) in [6.07, 6.45) is 5.73. The number of allylic oxidation sites excluding steroid dienone is 1. The van der Waals surface area contributed by atoms with Crippen molar-refractivity contribution in [3.8, 4) is 0 Å². The molecule has 0 amide bonds. The number of hydrogen-bond donors (Lipinski definition) is 1. The van der Waals surface area contributed by atoms with Gasteiger partial charge in [0, 0.05) is 0 Å². The minimum atomic E-state index is -1.66. The maximum absolute atomic E-state index is 10.6. The zero-order valence-electron chi connectivity index (χ0n) is 5.99. The van der Waals surface area contributed by atoms with Gasteiger partial charge in [-0.25, -0.2) is 4.21 Å². The zero-order chi connectivity index (χ0) is 7.56. The summed E-state index contributed by atoms with van der Waals surface area (Å²) < 4.78 is 19.3. The van der Waals surface area contributed by atoms with Gasteiger partial charge >= 0.3 is 0 Å². The third-order valence-electron chi connectivity index (χ3n) is 1.78. The highest BCUT2D eigenvalue weighted by Gasteiger charge is 2.18. The lowest BCUT2D eigenvalue weighted by Crippen LogP contribution is -2.18. The predicted octanol–water partition coefficient (Wildman–Crippen LogP) is 1.56. The van der Waals surface area contributed by atoms with E-state index in [1.807, 2.05) is 12.2 Å². The van der Waals surface area contributed by atoms with Gasteiger partial charge in [-0.2, -0.15) is 0 Å². The summed E-state index contributed by atoms with van der Waals surface area (Å²) in [6.45, 7) is 2.10. The van der Waals surface area contributed by atoms with Crippen molar-refractivity contribution in [2.75, 3.05) is 0 Å². The Bertz CT molecular complexity index is 165. The van der Waals surface area contributed by atoms with Gasteiger partial charge in [-0.05, 0) is 18.8 Å². The minimum absolute atomic E-state index is 0.122. The average molecular weight is 160 g/mol. The van der Waals surface area contributed by atoms with Crippen LogP contribution in [0, 0.1) is 5.92 Å². The summed E-state index contributed by atoms with van der Waals surface area (Å²) in [4.78, 5) is 0. The Balaban J connectivity index is 2.55. The SMILES string of the molecule is CC1CC=CC(S(=O)O)C1. The quantitative estimate of drug-likeness (QED) is 0.467. The third-order valence-corrected chi connectivity index (χ3v) is 2.65. The third kappa shape index (κ3) is 1.92. The summed E-state index contributed by atoms with van der Waals surface area (Å²) in [6, 6.07) is 0. The molecule has 3 heteroatoms. The predicted molar refractivity (Wildman–Crippen MR) is 42.1 cm³/mol. The highest BCUT2D eigenvalue weighted by Crippen LogP contribution is 2.20. The number of rotatable bonds is 1. The fraction of sp³-hybridized carbons (Fsp3) is 0.714. The maximum Gasteiger partial charge on any atom is 0.159 e. The summed E-state index contributed by atoms with van der Waals surface area (Å²) in [7, 11) is 0. The molecule has 0 saturated carbocycles. The molecule has 1 aliphatic carbocycles. The molecule has 0 fully saturated rings. The lowest BCUT2D eigenvalue weighted by atomic mass is 9.96. The van der Waals surface area contributed by atoms with Crippen LogP contribution in [-0.2, 0) is 11.1 Å². The highest BCUT2D eigenvalue weighted by atomic mass is 32.2. The van der Waals surface area contributed by atoms with Crippen LogP contribution in [0.1, 0.15) is 19.8 Å². The summed E-state index contributed by atoms with van der Waals surface area (Å²) >= 11 is -1.66. The highest BCUT2D eigenvalue weighted by molar-refractivity contribution is 7.80. The lowest BCUT2D eigenvalue weighted by Gasteiger charge is -2.17. The molecular formula is C7H12O2S. The summed E-state index contributed by atoms with van der Waals surface area (Å²) in [5, 5.41) is -0.122. The first-order valence-corrected chi connectivity index (χ1v) is 4.63. The molecule has 58 valence electrons. The van der Waals surface area contributed by atoms with Gasteiger partial charge in [0.25, 0.3) is 0 Å². The molecule has 2 nitrogen and oxygen atoms in total. The van der Waals surface area contributed by atoms with E-state index < -0.39 is 11.1 Å². The van der Waals surface area contributed by atoms with Gasteiger partial charge in [0.2, 0.25) is 0 Å². The van der Waals surface area contributed by atoms with Crippen molar-refractivity contribution in [2.45, 2.75) is 25.0 Å². The minimum Gasteiger partial charge on any atom is -0.306 e. The first-order valence-electron chi connectivity index (χ1n) is 3.46. The summed E-state index contributed by atoms with van der Waals surface area (Å²) in [5.74, 6) is 0.561. The molecular weight excluding hydrogens is 148 g/mol. The Labute approximate surface area is 63.6 Å². The van der Waals surface area contributed by atoms with Crippen molar-refractivity contribution < 1.29 is 8.76 Å². The van der Waals surface area contributed by atoms with Crippen LogP contribution < -0.4 is 0 Å². The van der Waals surface area contributed by atoms with Crippen molar-refractivity contribution in [1.29, 1.82) is 0 Å². The van der Waals surface area contributed by atoms with E-state index in [9.17, 15) is 4.21 Å². The van der Waals surface area contributed by atoms with Gasteiger partial charge in [0.1, 0.15) is 0 Å². The average Bonchev–Trinajstić information content (AvgIpc) is 1.88. The van der Waals surface area contributed by atoms with Crippen LogP contribution in [0.3, 0.4) is 0 Å². The Morgan fingerprint density at radius 1 is 1.70 bits per heavy atom. The van der Waals surface area contributed by atoms with E-state index in [4.69, 9.17) is 4.55 Å². The normalized spacial score (nSPS) is 35.8. The summed E-state index contributed by atoms with van der Waals surface area (Å²) in [5.41, 5.74) is 0. The Kier molecular flexibility index (Phi) is 2.63. The molecule has 3 unspecified atom stereocenters. The van der Waals surface area contributed by atoms with Crippen LogP contribution >= 0.6 is 0 Å². The molecule has 0 aromatic rings. The topological polar surface area (TPSA) is 37.3 Å². The molecule has 0 spiro atoms. The standard InChI is InChI=1S/C7H12O2S/c1-6-3-2-4-7(5-6)10(8)9/h2,4,6-7H,3,5H2,1H3,(H,8,9). The first kappa shape index (κ1) is 7.95. The van der Waals surface area contributed by atoms with Crippen molar-refractivity contribution in [1.82, 2.24) is 0 Å². The van der Waals surface area contributed by atoms with Crippen LogP contribution in [0.15, 0.2) is 12.2 Å². The Hall–Kier alpha value is -0.150. The van der Waals surface area contributed by atoms with Crippen LogP contribution in [0.2, 0.25) is 0 Å². The van der Waals surface area contributed by atoms with Crippen LogP contribution in [0.4, 0.5) is 0 Å². The molecule has 1 aliphatic rings. The van der Waals surface area contributed by atoms with Crippen LogP contribution in [0.5, 0.6) is 0 Å². The van der Waals surface area contributed by atoms with E-state index >= 15 is 0 Å². The molecule has 0 aromatic carbocycles. The van der Waals surface area contributed by atoms with Crippen LogP contribution in [-0.4, -0.2) is 14.0 Å². The maximum atomic E-state index is 10.6. The molecule has 0 radical (unpaired) electrons. The van der Waals surface area contributed by atoms with E-state index in [1.54, 1.807) is 0 Å². The molecule has 0 aliphatic heterocycles. The van der Waals surface area contributed by atoms with Gasteiger partial charge in [0.05, 0.1) is 5.25 Å². The second kappa shape index (κ2) is 3.30.